The molecule has 2 heterocycles. The molecule has 26 heavy (non-hydrogen) atoms. The summed E-state index contributed by atoms with van der Waals surface area (Å²) < 4.78 is 10.8. The molecule has 0 radical (unpaired) electrons. The predicted molar refractivity (Wildman–Crippen MR) is 104 cm³/mol. The molecule has 0 amide bonds. The number of hydrogen-bond acceptors (Lipinski definition) is 7. The van der Waals surface area contributed by atoms with Crippen LogP contribution >= 0.6 is 11.6 Å². The fourth-order valence-corrected chi connectivity index (χ4v) is 2.85. The van der Waals surface area contributed by atoms with Crippen LogP contribution in [-0.4, -0.2) is 49.6 Å². The number of benzene rings is 1. The number of nitrogens with zero attached hydrogens (tertiary/aromatic N) is 4. The number of methoxy groups -OCH3 is 1. The maximum atomic E-state index is 6.36. The molecule has 1 aromatic heterocycles. The van der Waals surface area contributed by atoms with E-state index in [9.17, 15) is 0 Å². The van der Waals surface area contributed by atoms with Gasteiger partial charge >= 0.3 is 0 Å². The summed E-state index contributed by atoms with van der Waals surface area (Å²) in [5.74, 6) is 1.66. The molecule has 1 aromatic carbocycles. The summed E-state index contributed by atoms with van der Waals surface area (Å²) in [4.78, 5) is 15.5. The Morgan fingerprint density at radius 2 is 2.12 bits per heavy atom. The molecule has 2 N–H and O–H groups in total. The number of aliphatic imine (C=N–C) groups is 1. The van der Waals surface area contributed by atoms with Gasteiger partial charge in [0.1, 0.15) is 0 Å². The normalized spacial score (nSPS) is 15.1. The zero-order valence-corrected chi connectivity index (χ0v) is 15.2. The first kappa shape index (κ1) is 18.2. The van der Waals surface area contributed by atoms with Crippen molar-refractivity contribution in [2.75, 3.05) is 38.3 Å². The molecule has 2 aromatic rings. The zero-order valence-electron chi connectivity index (χ0n) is 14.4. The topological polar surface area (TPSA) is 85.9 Å². The Hall–Kier alpha value is -2.64. The highest BCUT2D eigenvalue weighted by molar-refractivity contribution is 6.31. The number of aromatic nitrogens is 2. The standard InChI is InChI=1S/C18H20ClN5O2/c1-25-15-16(19)22-17(23-18(15)24-8-10-26-11-9-24)13-4-2-5-14(12-13)21-7-3-6-20/h2-7,12H,8-11,20H2,1H3. The number of nitrogens with two attached hydrogens (primary N) is 1. The van der Waals surface area contributed by atoms with E-state index in [0.29, 0.717) is 30.6 Å². The van der Waals surface area contributed by atoms with Crippen molar-refractivity contribution in [3.8, 4) is 17.1 Å². The third-order valence-corrected chi connectivity index (χ3v) is 4.10. The molecule has 7 nitrogen and oxygen atoms in total. The van der Waals surface area contributed by atoms with E-state index in [2.05, 4.69) is 14.9 Å². The van der Waals surface area contributed by atoms with Gasteiger partial charge in [-0.1, -0.05) is 23.7 Å². The van der Waals surface area contributed by atoms with Crippen molar-refractivity contribution >= 4 is 29.3 Å². The van der Waals surface area contributed by atoms with Crippen LogP contribution in [-0.2, 0) is 4.74 Å². The van der Waals surface area contributed by atoms with Crippen LogP contribution in [0.5, 0.6) is 5.75 Å². The molecular formula is C18H20ClN5O2. The van der Waals surface area contributed by atoms with Crippen LogP contribution in [0, 0.1) is 0 Å². The van der Waals surface area contributed by atoms with E-state index in [0.717, 1.165) is 24.3 Å². The van der Waals surface area contributed by atoms with E-state index in [1.807, 2.05) is 24.3 Å². The summed E-state index contributed by atoms with van der Waals surface area (Å²) >= 11 is 6.36. The fourth-order valence-electron chi connectivity index (χ4n) is 2.61. The summed E-state index contributed by atoms with van der Waals surface area (Å²) in [6, 6.07) is 7.59. The average Bonchev–Trinajstić information content (AvgIpc) is 2.68. The van der Waals surface area contributed by atoms with E-state index >= 15 is 0 Å². The number of allylic oxidation sites excluding steroid dienone is 1. The number of ether oxygens (including phenoxy) is 2. The van der Waals surface area contributed by atoms with Crippen LogP contribution in [0.25, 0.3) is 11.4 Å². The lowest BCUT2D eigenvalue weighted by Crippen LogP contribution is -2.37. The molecule has 1 aliphatic rings. The zero-order chi connectivity index (χ0) is 18.4. The van der Waals surface area contributed by atoms with Gasteiger partial charge in [0.25, 0.3) is 0 Å². The molecule has 0 saturated carbocycles. The minimum absolute atomic E-state index is 0.277. The van der Waals surface area contributed by atoms with Crippen LogP contribution in [0.1, 0.15) is 0 Å². The largest absolute Gasteiger partial charge is 0.490 e. The molecule has 1 aliphatic heterocycles. The molecular weight excluding hydrogens is 354 g/mol. The number of anilines is 1. The number of morpholine rings is 1. The first-order valence-electron chi connectivity index (χ1n) is 8.18. The van der Waals surface area contributed by atoms with Gasteiger partial charge in [-0.2, -0.15) is 0 Å². The summed E-state index contributed by atoms with van der Waals surface area (Å²) in [6.07, 6.45) is 4.71. The van der Waals surface area contributed by atoms with Gasteiger partial charge in [0.15, 0.2) is 22.5 Å². The van der Waals surface area contributed by atoms with Gasteiger partial charge in [0.05, 0.1) is 26.0 Å². The lowest BCUT2D eigenvalue weighted by atomic mass is 10.2. The first-order chi connectivity index (χ1) is 12.7. The highest BCUT2D eigenvalue weighted by Gasteiger charge is 2.22. The molecule has 8 heteroatoms. The molecule has 0 spiro atoms. The summed E-state index contributed by atoms with van der Waals surface area (Å²) in [6.45, 7) is 2.72. The highest BCUT2D eigenvalue weighted by atomic mass is 35.5. The third kappa shape index (κ3) is 4.12. The molecule has 1 fully saturated rings. The van der Waals surface area contributed by atoms with Crippen LogP contribution in [0.3, 0.4) is 0 Å². The molecule has 3 rings (SSSR count). The smallest absolute Gasteiger partial charge is 0.199 e. The maximum absolute atomic E-state index is 6.36. The molecule has 0 bridgehead atoms. The Morgan fingerprint density at radius 3 is 2.85 bits per heavy atom. The van der Waals surface area contributed by atoms with Crippen molar-refractivity contribution in [2.45, 2.75) is 0 Å². The van der Waals surface area contributed by atoms with Crippen LogP contribution < -0.4 is 15.4 Å². The van der Waals surface area contributed by atoms with E-state index in [1.54, 1.807) is 19.4 Å². The SMILES string of the molecule is COc1c(Cl)nc(-c2cccc(N=CC=CN)c2)nc1N1CCOCC1. The summed E-state index contributed by atoms with van der Waals surface area (Å²) in [5, 5.41) is 0.277. The second-order valence-electron chi connectivity index (χ2n) is 5.51. The Labute approximate surface area is 157 Å². The lowest BCUT2D eigenvalue weighted by molar-refractivity contribution is 0.122. The fraction of sp³-hybridized carbons (Fsp3) is 0.278. The van der Waals surface area contributed by atoms with E-state index in [4.69, 9.17) is 31.8 Å². The molecule has 0 atom stereocenters. The van der Waals surface area contributed by atoms with E-state index in [1.165, 1.54) is 6.20 Å². The van der Waals surface area contributed by atoms with Gasteiger partial charge in [0.2, 0.25) is 0 Å². The minimum atomic E-state index is 0.277. The first-order valence-corrected chi connectivity index (χ1v) is 8.56. The van der Waals surface area contributed by atoms with Gasteiger partial charge in [-0.25, -0.2) is 9.97 Å². The van der Waals surface area contributed by atoms with Crippen molar-refractivity contribution in [1.29, 1.82) is 0 Å². The molecule has 136 valence electrons. The number of hydrogen-bond donors (Lipinski definition) is 1. The Kier molecular flexibility index (Phi) is 6.04. The maximum Gasteiger partial charge on any atom is 0.199 e. The predicted octanol–water partition coefficient (Wildman–Crippen LogP) is 2.82. The Balaban J connectivity index is 2.00. The van der Waals surface area contributed by atoms with Crippen LogP contribution in [0.4, 0.5) is 11.5 Å². The van der Waals surface area contributed by atoms with Gasteiger partial charge in [-0.05, 0) is 24.4 Å². The minimum Gasteiger partial charge on any atom is -0.490 e. The van der Waals surface area contributed by atoms with E-state index in [-0.39, 0.29) is 5.15 Å². The van der Waals surface area contributed by atoms with Crippen molar-refractivity contribution in [3.05, 3.63) is 41.7 Å². The lowest BCUT2D eigenvalue weighted by Gasteiger charge is -2.29. The third-order valence-electron chi connectivity index (χ3n) is 3.85. The van der Waals surface area contributed by atoms with E-state index < -0.39 is 0 Å². The molecule has 0 aliphatic carbocycles. The quantitative estimate of drug-likeness (QED) is 0.640. The van der Waals surface area contributed by atoms with Crippen molar-refractivity contribution in [1.82, 2.24) is 9.97 Å². The van der Waals surface area contributed by atoms with Crippen LogP contribution in [0.15, 0.2) is 41.5 Å². The van der Waals surface area contributed by atoms with Gasteiger partial charge in [0, 0.05) is 24.9 Å². The number of halogens is 1. The number of rotatable bonds is 5. The molecule has 0 unspecified atom stereocenters. The van der Waals surface area contributed by atoms with Crippen molar-refractivity contribution in [3.63, 3.8) is 0 Å². The second-order valence-corrected chi connectivity index (χ2v) is 5.87. The van der Waals surface area contributed by atoms with Crippen LogP contribution in [0.2, 0.25) is 5.15 Å². The summed E-state index contributed by atoms with van der Waals surface area (Å²) in [5.41, 5.74) is 6.90. The van der Waals surface area contributed by atoms with Gasteiger partial charge in [-0.15, -0.1) is 0 Å². The molecule has 1 saturated heterocycles. The van der Waals surface area contributed by atoms with Crippen molar-refractivity contribution in [2.24, 2.45) is 10.7 Å². The monoisotopic (exact) mass is 373 g/mol. The summed E-state index contributed by atoms with van der Waals surface area (Å²) in [7, 11) is 1.56. The Bertz CT molecular complexity index is 819. The van der Waals surface area contributed by atoms with Gasteiger partial charge in [-0.3, -0.25) is 4.99 Å². The second kappa shape index (κ2) is 8.64. The van der Waals surface area contributed by atoms with Gasteiger partial charge < -0.3 is 20.1 Å². The Morgan fingerprint density at radius 1 is 1.31 bits per heavy atom. The average molecular weight is 374 g/mol. The highest BCUT2D eigenvalue weighted by Crippen LogP contribution is 2.35. The van der Waals surface area contributed by atoms with Crippen molar-refractivity contribution < 1.29 is 9.47 Å².